The Morgan fingerprint density at radius 3 is 2.54 bits per heavy atom. The van der Waals surface area contributed by atoms with Gasteiger partial charge in [0.05, 0.1) is 0 Å². The molecule has 1 nitrogen and oxygen atoms in total. The monoisotopic (exact) mass is 274 g/mol. The third-order valence-electron chi connectivity index (χ3n) is 1.39. The Bertz CT molecular complexity index is 284. The zero-order chi connectivity index (χ0) is 10.1. The number of hydrogen-bond donors (Lipinski definition) is 1. The molecule has 0 radical (unpaired) electrons. The number of halogens is 4. The van der Waals surface area contributed by atoms with E-state index < -0.39 is 12.3 Å². The van der Waals surface area contributed by atoms with Gasteiger partial charge in [-0.05, 0) is 22.0 Å². The van der Waals surface area contributed by atoms with E-state index in [1.54, 1.807) is 11.4 Å². The number of aliphatic hydroxyl groups excluding tert-OH is 1. The SMILES string of the molecule is O[C@H](Cc1cc(Br)cs1)C(F)(F)F. The largest absolute Gasteiger partial charge is 0.414 e. The first-order chi connectivity index (χ1) is 5.89. The molecule has 0 saturated carbocycles. The van der Waals surface area contributed by atoms with Crippen LogP contribution in [0, 0.1) is 0 Å². The van der Waals surface area contributed by atoms with E-state index in [2.05, 4.69) is 15.9 Å². The molecule has 0 aliphatic carbocycles. The van der Waals surface area contributed by atoms with Crippen molar-refractivity contribution in [1.29, 1.82) is 0 Å². The van der Waals surface area contributed by atoms with Gasteiger partial charge in [-0.3, -0.25) is 0 Å². The molecule has 0 bridgehead atoms. The highest BCUT2D eigenvalue weighted by atomic mass is 79.9. The van der Waals surface area contributed by atoms with E-state index in [-0.39, 0.29) is 6.42 Å². The standard InChI is InChI=1S/C7H6BrF3OS/c8-4-1-5(13-3-4)2-6(12)7(9,10)11/h1,3,6,12H,2H2/t6-/m1/s1. The van der Waals surface area contributed by atoms with Crippen LogP contribution in [-0.4, -0.2) is 17.4 Å². The predicted octanol–water partition coefficient (Wildman–Crippen LogP) is 2.98. The van der Waals surface area contributed by atoms with Gasteiger partial charge in [0, 0.05) is 21.2 Å². The summed E-state index contributed by atoms with van der Waals surface area (Å²) in [5, 5.41) is 10.4. The van der Waals surface area contributed by atoms with Crippen LogP contribution < -0.4 is 0 Å². The number of thiophene rings is 1. The van der Waals surface area contributed by atoms with Crippen molar-refractivity contribution in [2.24, 2.45) is 0 Å². The van der Waals surface area contributed by atoms with Gasteiger partial charge in [-0.25, -0.2) is 0 Å². The number of alkyl halides is 3. The first-order valence-electron chi connectivity index (χ1n) is 3.37. The molecule has 1 heterocycles. The van der Waals surface area contributed by atoms with Crippen LogP contribution >= 0.6 is 27.3 Å². The van der Waals surface area contributed by atoms with Crippen LogP contribution in [0.25, 0.3) is 0 Å². The summed E-state index contributed by atoms with van der Waals surface area (Å²) in [6, 6.07) is 1.57. The maximum absolute atomic E-state index is 11.9. The maximum Gasteiger partial charge on any atom is 0.414 e. The van der Waals surface area contributed by atoms with E-state index in [4.69, 9.17) is 5.11 Å². The molecule has 0 aliphatic heterocycles. The molecule has 0 aliphatic rings. The fourth-order valence-electron chi connectivity index (χ4n) is 0.767. The van der Waals surface area contributed by atoms with E-state index in [0.29, 0.717) is 4.88 Å². The lowest BCUT2D eigenvalue weighted by atomic mass is 10.2. The van der Waals surface area contributed by atoms with Crippen LogP contribution in [0.1, 0.15) is 4.88 Å². The Morgan fingerprint density at radius 1 is 1.54 bits per heavy atom. The average molecular weight is 275 g/mol. The minimum Gasteiger partial charge on any atom is -0.383 e. The second-order valence-corrected chi connectivity index (χ2v) is 4.40. The minimum atomic E-state index is -4.53. The first-order valence-corrected chi connectivity index (χ1v) is 5.04. The van der Waals surface area contributed by atoms with Gasteiger partial charge in [0.2, 0.25) is 0 Å². The highest BCUT2D eigenvalue weighted by Crippen LogP contribution is 2.26. The molecular weight excluding hydrogens is 269 g/mol. The Hall–Kier alpha value is -0.0700. The summed E-state index contributed by atoms with van der Waals surface area (Å²) in [6.07, 6.45) is -7.17. The second kappa shape index (κ2) is 3.98. The summed E-state index contributed by atoms with van der Waals surface area (Å²) in [7, 11) is 0. The lowest BCUT2D eigenvalue weighted by Gasteiger charge is -2.12. The molecule has 0 aromatic carbocycles. The molecule has 1 aromatic heterocycles. The molecule has 13 heavy (non-hydrogen) atoms. The molecule has 0 fully saturated rings. The Labute approximate surface area is 85.3 Å². The highest BCUT2D eigenvalue weighted by Gasteiger charge is 2.38. The third kappa shape index (κ3) is 3.28. The van der Waals surface area contributed by atoms with Crippen LogP contribution in [0.2, 0.25) is 0 Å². The van der Waals surface area contributed by atoms with Crippen molar-refractivity contribution >= 4 is 27.3 Å². The second-order valence-electron chi connectivity index (χ2n) is 2.49. The summed E-state index contributed by atoms with van der Waals surface area (Å²) < 4.78 is 36.4. The molecule has 1 rings (SSSR count). The summed E-state index contributed by atoms with van der Waals surface area (Å²) >= 11 is 4.31. The molecule has 1 aromatic rings. The van der Waals surface area contributed by atoms with Crippen molar-refractivity contribution in [2.75, 3.05) is 0 Å². The zero-order valence-corrected chi connectivity index (χ0v) is 8.71. The van der Waals surface area contributed by atoms with Crippen LogP contribution in [0.15, 0.2) is 15.9 Å². The molecule has 0 unspecified atom stereocenters. The molecule has 6 heteroatoms. The van der Waals surface area contributed by atoms with Gasteiger partial charge in [0.25, 0.3) is 0 Å². The molecule has 1 N–H and O–H groups in total. The predicted molar refractivity (Wildman–Crippen MR) is 47.8 cm³/mol. The van der Waals surface area contributed by atoms with Crippen LogP contribution in [-0.2, 0) is 6.42 Å². The summed E-state index contributed by atoms with van der Waals surface area (Å²) in [5.74, 6) is 0. The number of aliphatic hydroxyl groups is 1. The fraction of sp³-hybridized carbons (Fsp3) is 0.429. The topological polar surface area (TPSA) is 20.2 Å². The maximum atomic E-state index is 11.9. The quantitative estimate of drug-likeness (QED) is 0.879. The molecule has 0 saturated heterocycles. The first kappa shape index (κ1) is 11.0. The zero-order valence-electron chi connectivity index (χ0n) is 6.31. The number of hydrogen-bond acceptors (Lipinski definition) is 2. The van der Waals surface area contributed by atoms with Gasteiger partial charge in [0.1, 0.15) is 0 Å². The van der Waals surface area contributed by atoms with Crippen molar-refractivity contribution in [3.05, 3.63) is 20.8 Å². The molecule has 74 valence electrons. The summed E-state index contributed by atoms with van der Waals surface area (Å²) in [6.45, 7) is 0. The Balaban J connectivity index is 2.60. The lowest BCUT2D eigenvalue weighted by molar-refractivity contribution is -0.202. The average Bonchev–Trinajstić information content (AvgIpc) is 2.33. The van der Waals surface area contributed by atoms with Gasteiger partial charge in [-0.15, -0.1) is 11.3 Å². The molecular formula is C7H6BrF3OS. The van der Waals surface area contributed by atoms with Gasteiger partial charge in [0.15, 0.2) is 6.10 Å². The van der Waals surface area contributed by atoms with Crippen LogP contribution in [0.4, 0.5) is 13.2 Å². The normalized spacial score (nSPS) is 14.5. The molecule has 0 spiro atoms. The van der Waals surface area contributed by atoms with Crippen molar-refractivity contribution < 1.29 is 18.3 Å². The third-order valence-corrected chi connectivity index (χ3v) is 3.11. The summed E-state index contributed by atoms with van der Waals surface area (Å²) in [4.78, 5) is 0.511. The Morgan fingerprint density at radius 2 is 2.15 bits per heavy atom. The van der Waals surface area contributed by atoms with Gasteiger partial charge in [-0.2, -0.15) is 13.2 Å². The van der Waals surface area contributed by atoms with Gasteiger partial charge in [-0.1, -0.05) is 0 Å². The van der Waals surface area contributed by atoms with Crippen molar-refractivity contribution in [3.8, 4) is 0 Å². The number of rotatable bonds is 2. The van der Waals surface area contributed by atoms with E-state index in [1.165, 1.54) is 11.3 Å². The van der Waals surface area contributed by atoms with Crippen molar-refractivity contribution in [3.63, 3.8) is 0 Å². The van der Waals surface area contributed by atoms with Gasteiger partial charge >= 0.3 is 6.18 Å². The fourth-order valence-corrected chi connectivity index (χ4v) is 2.26. The van der Waals surface area contributed by atoms with Crippen molar-refractivity contribution in [2.45, 2.75) is 18.7 Å². The minimum absolute atomic E-state index is 0.375. The van der Waals surface area contributed by atoms with Crippen LogP contribution in [0.5, 0.6) is 0 Å². The van der Waals surface area contributed by atoms with E-state index in [1.807, 2.05) is 0 Å². The lowest BCUT2D eigenvalue weighted by Crippen LogP contribution is -2.30. The molecule has 0 amide bonds. The van der Waals surface area contributed by atoms with E-state index in [9.17, 15) is 13.2 Å². The highest BCUT2D eigenvalue weighted by molar-refractivity contribution is 9.10. The van der Waals surface area contributed by atoms with Gasteiger partial charge < -0.3 is 5.11 Å². The molecule has 1 atom stereocenters. The van der Waals surface area contributed by atoms with E-state index in [0.717, 1.165) is 4.47 Å². The smallest absolute Gasteiger partial charge is 0.383 e. The summed E-state index contributed by atoms with van der Waals surface area (Å²) in [5.41, 5.74) is 0. The van der Waals surface area contributed by atoms with Crippen molar-refractivity contribution in [1.82, 2.24) is 0 Å². The van der Waals surface area contributed by atoms with E-state index >= 15 is 0 Å². The Kier molecular flexibility index (Phi) is 3.37. The van der Waals surface area contributed by atoms with Crippen LogP contribution in [0.3, 0.4) is 0 Å².